The zero-order chi connectivity index (χ0) is 14.3. The van der Waals surface area contributed by atoms with E-state index in [1.807, 2.05) is 11.8 Å². The summed E-state index contributed by atoms with van der Waals surface area (Å²) in [6, 6.07) is 2.62. The molecule has 1 aromatic carbocycles. The molecule has 2 aromatic rings. The highest BCUT2D eigenvalue weighted by atomic mass is 35.5. The molecule has 0 amide bonds. The summed E-state index contributed by atoms with van der Waals surface area (Å²) in [5, 5.41) is -0.334. The number of halogens is 3. The van der Waals surface area contributed by atoms with E-state index >= 15 is 0 Å². The summed E-state index contributed by atoms with van der Waals surface area (Å²) in [6.07, 6.45) is 1.09. The lowest BCUT2D eigenvalue weighted by Crippen LogP contribution is -2.14. The van der Waals surface area contributed by atoms with Crippen LogP contribution in [0.25, 0.3) is 11.0 Å². The molecule has 0 spiro atoms. The van der Waals surface area contributed by atoms with Crippen LogP contribution in [0.2, 0.25) is 0 Å². The van der Waals surface area contributed by atoms with Gasteiger partial charge in [0.1, 0.15) is 11.3 Å². The van der Waals surface area contributed by atoms with Gasteiger partial charge < -0.3 is 4.57 Å². The van der Waals surface area contributed by atoms with E-state index in [2.05, 4.69) is 4.98 Å². The summed E-state index contributed by atoms with van der Waals surface area (Å²) in [7, 11) is 0. The van der Waals surface area contributed by atoms with Crippen LogP contribution in [-0.4, -0.2) is 21.1 Å². The minimum Gasteiger partial charge on any atom is -0.324 e. The maximum absolute atomic E-state index is 14.1. The number of thioether (sulfide) groups is 1. The van der Waals surface area contributed by atoms with Gasteiger partial charge >= 0.3 is 0 Å². The van der Waals surface area contributed by atoms with Crippen LogP contribution in [0.1, 0.15) is 24.5 Å². The van der Waals surface area contributed by atoms with E-state index < -0.39 is 11.6 Å². The fourth-order valence-corrected chi connectivity index (χ4v) is 4.09. The number of aromatic nitrogens is 2. The SMILES string of the molecule is CC(Cl)c1nc2ccc(F)c(F)c2n1CC1CCSC1. The van der Waals surface area contributed by atoms with Crippen LogP contribution < -0.4 is 0 Å². The normalized spacial score (nSPS) is 20.7. The lowest BCUT2D eigenvalue weighted by molar-refractivity contribution is 0.474. The van der Waals surface area contributed by atoms with Crippen molar-refractivity contribution in [2.75, 3.05) is 11.5 Å². The molecule has 2 atom stereocenters. The van der Waals surface area contributed by atoms with Gasteiger partial charge in [-0.2, -0.15) is 11.8 Å². The van der Waals surface area contributed by atoms with E-state index in [-0.39, 0.29) is 10.9 Å². The van der Waals surface area contributed by atoms with Gasteiger partial charge in [-0.05, 0) is 42.9 Å². The molecule has 3 rings (SSSR count). The average molecular weight is 317 g/mol. The van der Waals surface area contributed by atoms with E-state index in [1.165, 1.54) is 6.07 Å². The van der Waals surface area contributed by atoms with Crippen molar-refractivity contribution >= 4 is 34.4 Å². The maximum Gasteiger partial charge on any atom is 0.184 e. The van der Waals surface area contributed by atoms with Gasteiger partial charge in [0.15, 0.2) is 11.6 Å². The number of fused-ring (bicyclic) bond motifs is 1. The lowest BCUT2D eigenvalue weighted by atomic mass is 10.1. The van der Waals surface area contributed by atoms with Crippen molar-refractivity contribution in [3.05, 3.63) is 29.6 Å². The Labute approximate surface area is 125 Å². The fourth-order valence-electron chi connectivity index (χ4n) is 2.65. The van der Waals surface area contributed by atoms with Gasteiger partial charge in [-0.15, -0.1) is 11.6 Å². The van der Waals surface area contributed by atoms with Gasteiger partial charge in [-0.25, -0.2) is 13.8 Å². The van der Waals surface area contributed by atoms with Crippen LogP contribution in [0.3, 0.4) is 0 Å². The molecular weight excluding hydrogens is 302 g/mol. The molecule has 2 unspecified atom stereocenters. The third kappa shape index (κ3) is 2.42. The molecule has 1 aromatic heterocycles. The van der Waals surface area contributed by atoms with Gasteiger partial charge in [0.05, 0.1) is 10.9 Å². The van der Waals surface area contributed by atoms with Gasteiger partial charge in [0.2, 0.25) is 0 Å². The van der Waals surface area contributed by atoms with Gasteiger partial charge in [0.25, 0.3) is 0 Å². The number of benzene rings is 1. The Hall–Kier alpha value is -0.810. The zero-order valence-corrected chi connectivity index (χ0v) is 12.6. The summed E-state index contributed by atoms with van der Waals surface area (Å²) < 4.78 is 29.4. The van der Waals surface area contributed by atoms with E-state index in [9.17, 15) is 8.78 Å². The molecule has 1 aliphatic heterocycles. The number of nitrogens with zero attached hydrogens (tertiary/aromatic N) is 2. The molecule has 2 heterocycles. The Morgan fingerprint density at radius 3 is 2.95 bits per heavy atom. The molecule has 0 aliphatic carbocycles. The van der Waals surface area contributed by atoms with E-state index in [4.69, 9.17) is 11.6 Å². The van der Waals surface area contributed by atoms with E-state index in [0.717, 1.165) is 24.0 Å². The second-order valence-corrected chi connectivity index (χ2v) is 6.96. The summed E-state index contributed by atoms with van der Waals surface area (Å²) in [5.74, 6) is 1.59. The Bertz CT molecular complexity index is 636. The number of hydrogen-bond donors (Lipinski definition) is 0. The van der Waals surface area contributed by atoms with Crippen LogP contribution >= 0.6 is 23.4 Å². The summed E-state index contributed by atoms with van der Waals surface area (Å²) in [5.41, 5.74) is 0.710. The minimum absolute atomic E-state index is 0.240. The minimum atomic E-state index is -0.840. The first-order valence-corrected chi connectivity index (χ1v) is 8.23. The highest BCUT2D eigenvalue weighted by Gasteiger charge is 2.24. The van der Waals surface area contributed by atoms with Crippen LogP contribution in [0.15, 0.2) is 12.1 Å². The van der Waals surface area contributed by atoms with Crippen molar-refractivity contribution in [2.45, 2.75) is 25.3 Å². The van der Waals surface area contributed by atoms with Crippen LogP contribution in [0, 0.1) is 17.6 Å². The topological polar surface area (TPSA) is 17.8 Å². The second kappa shape index (κ2) is 5.53. The van der Waals surface area contributed by atoms with Crippen molar-refractivity contribution in [3.8, 4) is 0 Å². The molecule has 20 heavy (non-hydrogen) atoms. The molecule has 1 fully saturated rings. The monoisotopic (exact) mass is 316 g/mol. The molecule has 108 valence electrons. The fraction of sp³-hybridized carbons (Fsp3) is 0.500. The lowest BCUT2D eigenvalue weighted by Gasteiger charge is -2.15. The molecular formula is C14H15ClF2N2S. The second-order valence-electron chi connectivity index (χ2n) is 5.16. The number of rotatable bonds is 3. The largest absolute Gasteiger partial charge is 0.324 e. The molecule has 1 saturated heterocycles. The van der Waals surface area contributed by atoms with Crippen molar-refractivity contribution in [3.63, 3.8) is 0 Å². The molecule has 0 bridgehead atoms. The molecule has 1 aliphatic rings. The number of alkyl halides is 1. The average Bonchev–Trinajstić information content (AvgIpc) is 3.02. The van der Waals surface area contributed by atoms with Gasteiger partial charge in [0, 0.05) is 6.54 Å². The van der Waals surface area contributed by atoms with E-state index in [0.29, 0.717) is 23.8 Å². The van der Waals surface area contributed by atoms with Gasteiger partial charge in [-0.1, -0.05) is 0 Å². The zero-order valence-electron chi connectivity index (χ0n) is 11.1. The summed E-state index contributed by atoms with van der Waals surface area (Å²) in [6.45, 7) is 2.45. The molecule has 0 N–H and O–H groups in total. The maximum atomic E-state index is 14.1. The van der Waals surface area contributed by atoms with Crippen LogP contribution in [-0.2, 0) is 6.54 Å². The molecule has 0 saturated carbocycles. The standard InChI is InChI=1S/C14H15ClF2N2S/c1-8(15)14-18-11-3-2-10(16)12(17)13(11)19(14)6-9-4-5-20-7-9/h2-3,8-9H,4-7H2,1H3. The predicted molar refractivity (Wildman–Crippen MR) is 79.3 cm³/mol. The molecule has 6 heteroatoms. The van der Waals surface area contributed by atoms with Crippen molar-refractivity contribution < 1.29 is 8.78 Å². The Kier molecular flexibility index (Phi) is 3.91. The van der Waals surface area contributed by atoms with E-state index in [1.54, 1.807) is 11.5 Å². The Morgan fingerprint density at radius 2 is 2.30 bits per heavy atom. The smallest absolute Gasteiger partial charge is 0.184 e. The predicted octanol–water partition coefficient (Wildman–Crippen LogP) is 4.37. The highest BCUT2D eigenvalue weighted by molar-refractivity contribution is 7.99. The third-order valence-corrected chi connectivity index (χ3v) is 5.08. The first-order chi connectivity index (χ1) is 9.58. The van der Waals surface area contributed by atoms with Gasteiger partial charge in [-0.3, -0.25) is 0 Å². The molecule has 0 radical (unpaired) electrons. The number of imidazole rings is 1. The summed E-state index contributed by atoms with van der Waals surface area (Å²) in [4.78, 5) is 4.37. The quantitative estimate of drug-likeness (QED) is 0.783. The number of hydrogen-bond acceptors (Lipinski definition) is 2. The first-order valence-electron chi connectivity index (χ1n) is 6.64. The van der Waals surface area contributed by atoms with Crippen molar-refractivity contribution in [1.29, 1.82) is 0 Å². The Morgan fingerprint density at radius 1 is 1.50 bits per heavy atom. The first kappa shape index (κ1) is 14.1. The third-order valence-electron chi connectivity index (χ3n) is 3.65. The molecule has 2 nitrogen and oxygen atoms in total. The van der Waals surface area contributed by atoms with Crippen LogP contribution in [0.4, 0.5) is 8.78 Å². The highest BCUT2D eigenvalue weighted by Crippen LogP contribution is 2.31. The Balaban J connectivity index is 2.14. The van der Waals surface area contributed by atoms with Crippen molar-refractivity contribution in [1.82, 2.24) is 9.55 Å². The van der Waals surface area contributed by atoms with Crippen molar-refractivity contribution in [2.24, 2.45) is 5.92 Å². The summed E-state index contributed by atoms with van der Waals surface area (Å²) >= 11 is 8.05. The van der Waals surface area contributed by atoms with Crippen LogP contribution in [0.5, 0.6) is 0 Å².